The molecule has 4 rings (SSSR count). The Kier molecular flexibility index (Phi) is 3.38. The number of amides is 1. The molecule has 2 aromatic rings. The summed E-state index contributed by atoms with van der Waals surface area (Å²) in [6.45, 7) is 0. The minimum Gasteiger partial charge on any atom is -0.348 e. The van der Waals surface area contributed by atoms with E-state index in [1.54, 1.807) is 0 Å². The molecular formula is C18H20N4O. The maximum Gasteiger partial charge on any atom is 0.240 e. The lowest BCUT2D eigenvalue weighted by atomic mass is 9.92. The minimum atomic E-state index is -0.636. The fourth-order valence-corrected chi connectivity index (χ4v) is 3.09. The number of hydrogen-bond donors (Lipinski definition) is 2. The monoisotopic (exact) mass is 308 g/mol. The molecule has 1 amide bonds. The van der Waals surface area contributed by atoms with Crippen molar-refractivity contribution in [2.75, 3.05) is 0 Å². The van der Waals surface area contributed by atoms with E-state index in [2.05, 4.69) is 10.3 Å². The summed E-state index contributed by atoms with van der Waals surface area (Å²) in [6.07, 6.45) is 6.29. The van der Waals surface area contributed by atoms with E-state index in [-0.39, 0.29) is 11.9 Å². The van der Waals surface area contributed by atoms with E-state index in [1.807, 2.05) is 36.5 Å². The van der Waals surface area contributed by atoms with E-state index in [0.29, 0.717) is 0 Å². The van der Waals surface area contributed by atoms with Gasteiger partial charge in [0.25, 0.3) is 0 Å². The number of carbonyl (C=O) groups is 1. The number of fused-ring (bicyclic) bond motifs is 1. The number of aryl methyl sites for hydroxylation is 1. The molecule has 0 saturated heterocycles. The van der Waals surface area contributed by atoms with Crippen molar-refractivity contribution in [2.45, 2.75) is 43.7 Å². The third-order valence-corrected chi connectivity index (χ3v) is 4.76. The topological polar surface area (TPSA) is 80.9 Å². The molecule has 0 unspecified atom stereocenters. The van der Waals surface area contributed by atoms with Gasteiger partial charge in [-0.25, -0.2) is 9.97 Å². The maximum absolute atomic E-state index is 12.2. The van der Waals surface area contributed by atoms with Gasteiger partial charge >= 0.3 is 0 Å². The Morgan fingerprint density at radius 2 is 2.04 bits per heavy atom. The highest BCUT2D eigenvalue weighted by molar-refractivity contribution is 5.89. The zero-order chi connectivity index (χ0) is 15.9. The zero-order valence-corrected chi connectivity index (χ0v) is 13.0. The van der Waals surface area contributed by atoms with Gasteiger partial charge in [-0.3, -0.25) is 4.79 Å². The summed E-state index contributed by atoms with van der Waals surface area (Å²) in [7, 11) is 0. The highest BCUT2D eigenvalue weighted by Crippen LogP contribution is 2.35. The summed E-state index contributed by atoms with van der Waals surface area (Å²) >= 11 is 0. The van der Waals surface area contributed by atoms with Crippen molar-refractivity contribution in [3.8, 4) is 11.4 Å². The predicted molar refractivity (Wildman–Crippen MR) is 87.4 cm³/mol. The molecule has 1 atom stereocenters. The van der Waals surface area contributed by atoms with Gasteiger partial charge in [-0.1, -0.05) is 30.3 Å². The maximum atomic E-state index is 12.2. The molecule has 1 fully saturated rings. The second kappa shape index (κ2) is 5.42. The van der Waals surface area contributed by atoms with Crippen molar-refractivity contribution in [1.29, 1.82) is 0 Å². The Hall–Kier alpha value is -2.27. The first-order valence-corrected chi connectivity index (χ1v) is 8.17. The van der Waals surface area contributed by atoms with Crippen molar-refractivity contribution < 1.29 is 4.79 Å². The molecule has 23 heavy (non-hydrogen) atoms. The first-order valence-electron chi connectivity index (χ1n) is 8.17. The first kappa shape index (κ1) is 14.3. The lowest BCUT2D eigenvalue weighted by molar-refractivity contribution is -0.124. The summed E-state index contributed by atoms with van der Waals surface area (Å²) in [4.78, 5) is 21.4. The summed E-state index contributed by atoms with van der Waals surface area (Å²) in [5.41, 5.74) is 8.44. The zero-order valence-electron chi connectivity index (χ0n) is 13.0. The largest absolute Gasteiger partial charge is 0.348 e. The fraction of sp³-hybridized carbons (Fsp3) is 0.389. The van der Waals surface area contributed by atoms with Gasteiger partial charge in [-0.15, -0.1) is 0 Å². The van der Waals surface area contributed by atoms with Crippen molar-refractivity contribution >= 4 is 5.91 Å². The van der Waals surface area contributed by atoms with Crippen LogP contribution in [0.3, 0.4) is 0 Å². The highest BCUT2D eigenvalue weighted by Gasteiger charge is 2.46. The van der Waals surface area contributed by atoms with Gasteiger partial charge in [-0.2, -0.15) is 0 Å². The van der Waals surface area contributed by atoms with Crippen molar-refractivity contribution in [2.24, 2.45) is 5.73 Å². The van der Waals surface area contributed by atoms with Gasteiger partial charge in [0.2, 0.25) is 5.91 Å². The Morgan fingerprint density at radius 3 is 2.78 bits per heavy atom. The normalized spacial score (nSPS) is 21.3. The lowest BCUT2D eigenvalue weighted by Gasteiger charge is -2.26. The summed E-state index contributed by atoms with van der Waals surface area (Å²) in [5, 5.41) is 3.09. The summed E-state index contributed by atoms with van der Waals surface area (Å²) < 4.78 is 0. The van der Waals surface area contributed by atoms with Gasteiger partial charge in [-0.05, 0) is 32.1 Å². The molecule has 2 aliphatic carbocycles. The number of nitrogens with zero attached hydrogens (tertiary/aromatic N) is 2. The van der Waals surface area contributed by atoms with Gasteiger partial charge in [0.1, 0.15) is 0 Å². The molecule has 1 aromatic carbocycles. The molecular weight excluding hydrogens is 288 g/mol. The average Bonchev–Trinajstić information content (AvgIpc) is 3.34. The smallest absolute Gasteiger partial charge is 0.240 e. The number of nitrogens with one attached hydrogen (secondary N) is 1. The van der Waals surface area contributed by atoms with Gasteiger partial charge in [0.05, 0.1) is 11.6 Å². The van der Waals surface area contributed by atoms with E-state index < -0.39 is 5.54 Å². The Morgan fingerprint density at radius 1 is 1.26 bits per heavy atom. The first-order chi connectivity index (χ1) is 11.2. The molecule has 118 valence electrons. The average molecular weight is 308 g/mol. The van der Waals surface area contributed by atoms with E-state index in [1.165, 1.54) is 0 Å². The third kappa shape index (κ3) is 2.72. The van der Waals surface area contributed by atoms with E-state index in [0.717, 1.165) is 54.7 Å². The van der Waals surface area contributed by atoms with Crippen LogP contribution in [0.2, 0.25) is 0 Å². The Labute approximate surface area is 135 Å². The van der Waals surface area contributed by atoms with Crippen LogP contribution in [0, 0.1) is 0 Å². The molecule has 0 spiro atoms. The molecule has 5 heteroatoms. The second-order valence-electron chi connectivity index (χ2n) is 6.54. The van der Waals surface area contributed by atoms with Gasteiger partial charge in [0.15, 0.2) is 5.82 Å². The van der Waals surface area contributed by atoms with Crippen LogP contribution < -0.4 is 11.1 Å². The van der Waals surface area contributed by atoms with Crippen LogP contribution in [-0.4, -0.2) is 21.4 Å². The number of nitrogens with two attached hydrogens (primary N) is 1. The third-order valence-electron chi connectivity index (χ3n) is 4.76. The molecule has 3 N–H and O–H groups in total. The number of hydrogen-bond acceptors (Lipinski definition) is 4. The van der Waals surface area contributed by atoms with Gasteiger partial charge in [0, 0.05) is 23.0 Å². The minimum absolute atomic E-state index is 0.0166. The number of aromatic nitrogens is 2. The quantitative estimate of drug-likeness (QED) is 0.910. The number of rotatable bonds is 3. The number of benzene rings is 1. The van der Waals surface area contributed by atoms with Crippen LogP contribution in [0.4, 0.5) is 0 Å². The molecule has 5 nitrogen and oxygen atoms in total. The highest BCUT2D eigenvalue weighted by atomic mass is 16.2. The van der Waals surface area contributed by atoms with E-state index in [9.17, 15) is 4.79 Å². The molecule has 2 aliphatic rings. The van der Waals surface area contributed by atoms with Crippen LogP contribution in [0.1, 0.15) is 43.0 Å². The van der Waals surface area contributed by atoms with Crippen molar-refractivity contribution in [3.63, 3.8) is 0 Å². The molecule has 0 radical (unpaired) electrons. The van der Waals surface area contributed by atoms with Crippen LogP contribution in [0.15, 0.2) is 36.5 Å². The molecule has 0 aliphatic heterocycles. The lowest BCUT2D eigenvalue weighted by Crippen LogP contribution is -2.44. The Bertz CT molecular complexity index is 740. The van der Waals surface area contributed by atoms with E-state index >= 15 is 0 Å². The molecule has 1 saturated carbocycles. The SMILES string of the molecule is NC1(C(=O)N[C@H]2CCCc3nc(-c4ccccc4)ncc32)CC1. The van der Waals surface area contributed by atoms with Crippen molar-refractivity contribution in [1.82, 2.24) is 15.3 Å². The van der Waals surface area contributed by atoms with Crippen LogP contribution in [0.5, 0.6) is 0 Å². The molecule has 1 aromatic heterocycles. The Balaban J connectivity index is 1.60. The molecule has 1 heterocycles. The second-order valence-corrected chi connectivity index (χ2v) is 6.54. The number of carbonyl (C=O) groups excluding carboxylic acids is 1. The fourth-order valence-electron chi connectivity index (χ4n) is 3.09. The van der Waals surface area contributed by atoms with Crippen LogP contribution >= 0.6 is 0 Å². The summed E-state index contributed by atoms with van der Waals surface area (Å²) in [6, 6.07) is 9.95. The summed E-state index contributed by atoms with van der Waals surface area (Å²) in [5.74, 6) is 0.705. The predicted octanol–water partition coefficient (Wildman–Crippen LogP) is 2.13. The molecule has 0 bridgehead atoms. The van der Waals surface area contributed by atoms with Gasteiger partial charge < -0.3 is 11.1 Å². The van der Waals surface area contributed by atoms with E-state index in [4.69, 9.17) is 10.7 Å². The van der Waals surface area contributed by atoms with Crippen molar-refractivity contribution in [3.05, 3.63) is 47.8 Å². The van der Waals surface area contributed by atoms with Crippen LogP contribution in [-0.2, 0) is 11.2 Å². The van der Waals surface area contributed by atoms with Crippen LogP contribution in [0.25, 0.3) is 11.4 Å². The standard InChI is InChI=1S/C18H20N4O/c19-18(9-10-18)17(23)22-15-8-4-7-14-13(15)11-20-16(21-14)12-5-2-1-3-6-12/h1-3,5-6,11,15H,4,7-10,19H2,(H,22,23)/t15-/m0/s1.